The molecule has 0 atom stereocenters. The number of phosphoric ester groups is 1. The number of phosphoric acid groups is 1. The van der Waals surface area contributed by atoms with E-state index in [-0.39, 0.29) is 29.5 Å². The van der Waals surface area contributed by atoms with Gasteiger partial charge in [0.25, 0.3) is 5.91 Å². The lowest BCUT2D eigenvalue weighted by atomic mass is 9.67. The number of aromatic nitrogens is 3. The first-order valence-corrected chi connectivity index (χ1v) is 15.9. The molecule has 44 heavy (non-hydrogen) atoms. The van der Waals surface area contributed by atoms with Crippen molar-refractivity contribution in [3.8, 4) is 0 Å². The van der Waals surface area contributed by atoms with Crippen molar-refractivity contribution < 1.29 is 32.9 Å². The van der Waals surface area contributed by atoms with Crippen LogP contribution < -0.4 is 10.6 Å². The van der Waals surface area contributed by atoms with Crippen molar-refractivity contribution in [3.63, 3.8) is 0 Å². The number of hydrogen-bond acceptors (Lipinski definition) is 8. The summed E-state index contributed by atoms with van der Waals surface area (Å²) in [4.78, 5) is 52.8. The molecule has 1 aliphatic heterocycles. The van der Waals surface area contributed by atoms with Crippen LogP contribution in [0.2, 0.25) is 5.02 Å². The molecule has 1 saturated carbocycles. The molecule has 3 aromatic rings. The lowest BCUT2D eigenvalue weighted by molar-refractivity contribution is -0.220. The molecule has 12 nitrogen and oxygen atoms in total. The molecule has 2 aromatic heterocycles. The van der Waals surface area contributed by atoms with Crippen molar-refractivity contribution in [3.05, 3.63) is 52.4 Å². The van der Waals surface area contributed by atoms with E-state index in [1.807, 2.05) is 0 Å². The maximum Gasteiger partial charge on any atom is 0.471 e. The number of halogens is 2. The molecule has 15 heteroatoms. The Labute approximate surface area is 258 Å². The van der Waals surface area contributed by atoms with Crippen LogP contribution in [0.5, 0.6) is 0 Å². The Morgan fingerprint density at radius 3 is 2.36 bits per heavy atom. The minimum absolute atomic E-state index is 0.0647. The van der Waals surface area contributed by atoms with Gasteiger partial charge in [0.05, 0.1) is 18.3 Å². The van der Waals surface area contributed by atoms with E-state index in [9.17, 15) is 28.3 Å². The highest BCUT2D eigenvalue weighted by atomic mass is 35.5. The van der Waals surface area contributed by atoms with Gasteiger partial charge in [0.15, 0.2) is 11.4 Å². The minimum atomic E-state index is -5.19. The molecule has 5 rings (SSSR count). The first kappa shape index (κ1) is 32.1. The number of carbonyl (C=O) groups excluding carboxylic acids is 2. The van der Waals surface area contributed by atoms with E-state index in [0.29, 0.717) is 22.1 Å². The zero-order valence-corrected chi connectivity index (χ0v) is 26.8. The molecule has 0 bridgehead atoms. The van der Waals surface area contributed by atoms with Crippen LogP contribution in [-0.4, -0.2) is 52.9 Å². The largest absolute Gasteiger partial charge is 0.471 e. The maximum absolute atomic E-state index is 14.5. The number of amides is 2. The van der Waals surface area contributed by atoms with Crippen LogP contribution in [0.4, 0.5) is 21.7 Å². The number of fused-ring (bicyclic) bond motifs is 1. The number of carbonyl (C=O) groups is 2. The minimum Gasteiger partial charge on any atom is -0.367 e. The number of nitrogens with one attached hydrogen (secondary N) is 2. The lowest BCUT2D eigenvalue weighted by Gasteiger charge is -2.55. The van der Waals surface area contributed by atoms with Crippen molar-refractivity contribution in [1.82, 2.24) is 19.5 Å². The summed E-state index contributed by atoms with van der Waals surface area (Å²) in [6, 6.07) is 6.02. The number of likely N-dealkylation sites (tertiary alicyclic amines) is 1. The molecule has 236 valence electrons. The molecular formula is C29H35ClFN6O6P. The van der Waals surface area contributed by atoms with Crippen LogP contribution in [0.15, 0.2) is 36.0 Å². The average Bonchev–Trinajstić information content (AvgIpc) is 3.53. The molecule has 0 radical (unpaired) electrons. The second-order valence-corrected chi connectivity index (χ2v) is 14.7. The summed E-state index contributed by atoms with van der Waals surface area (Å²) in [7, 11) is -5.19. The van der Waals surface area contributed by atoms with Gasteiger partial charge in [-0.05, 0) is 37.1 Å². The van der Waals surface area contributed by atoms with Crippen LogP contribution in [0.1, 0.15) is 66.4 Å². The molecule has 2 fully saturated rings. The van der Waals surface area contributed by atoms with E-state index < -0.39 is 42.0 Å². The molecule has 1 aliphatic carbocycles. The summed E-state index contributed by atoms with van der Waals surface area (Å²) in [5, 5.41) is 11.1. The molecule has 2 aliphatic rings. The molecule has 1 aromatic carbocycles. The normalized spacial score (nSPS) is 17.7. The van der Waals surface area contributed by atoms with Crippen molar-refractivity contribution in [1.29, 1.82) is 0 Å². The second-order valence-electron chi connectivity index (χ2n) is 13.1. The van der Waals surface area contributed by atoms with Crippen LogP contribution in [0, 0.1) is 16.6 Å². The fourth-order valence-corrected chi connectivity index (χ4v) is 7.04. The SMILES string of the molecule is CC(C)(C)C(OP(=O)(O)O)(N1C(=O)CC(=Cc2cnn3c(NC4CC4)cc(Nc4cc(Cl)ccc4F)nc23)C1=O)C(C)(C)C. The van der Waals surface area contributed by atoms with E-state index in [4.69, 9.17) is 16.1 Å². The number of hydrogen-bond donors (Lipinski definition) is 4. The fraction of sp³-hybridized carbons (Fsp3) is 0.448. The number of imide groups is 1. The predicted molar refractivity (Wildman–Crippen MR) is 164 cm³/mol. The number of anilines is 3. The lowest BCUT2D eigenvalue weighted by Crippen LogP contribution is -2.67. The average molecular weight is 649 g/mol. The van der Waals surface area contributed by atoms with Gasteiger partial charge < -0.3 is 20.4 Å². The third-order valence-electron chi connectivity index (χ3n) is 7.62. The summed E-state index contributed by atoms with van der Waals surface area (Å²) >= 11 is 6.07. The zero-order chi connectivity index (χ0) is 32.4. The molecule has 0 spiro atoms. The van der Waals surface area contributed by atoms with Gasteiger partial charge in [0.1, 0.15) is 17.5 Å². The van der Waals surface area contributed by atoms with Crippen LogP contribution in [0.25, 0.3) is 11.7 Å². The topological polar surface area (TPSA) is 158 Å². The van der Waals surface area contributed by atoms with Gasteiger partial charge in [-0.2, -0.15) is 9.61 Å². The summed E-state index contributed by atoms with van der Waals surface area (Å²) in [5.74, 6) is -1.08. The monoisotopic (exact) mass is 648 g/mol. The highest BCUT2D eigenvalue weighted by molar-refractivity contribution is 7.46. The van der Waals surface area contributed by atoms with Crippen LogP contribution >= 0.6 is 19.4 Å². The predicted octanol–water partition coefficient (Wildman–Crippen LogP) is 5.88. The van der Waals surface area contributed by atoms with E-state index in [0.717, 1.165) is 17.7 Å². The molecular weight excluding hydrogens is 614 g/mol. The highest BCUT2D eigenvalue weighted by Gasteiger charge is 2.64. The Bertz CT molecular complexity index is 1720. The standard InChI is InChI=1S/C29H35ClFN6O6P/c1-27(2,3)29(28(4,5)6,43-44(40,41)42)36-24(38)12-16(26(36)39)11-17-15-32-37-23(33-19-8-9-19)14-22(35-25(17)37)34-21-13-18(30)7-10-20(21)31/h7,10-11,13-15,19,33H,8-9,12H2,1-6H3,(H,34,35)(H2,40,41,42). The van der Waals surface area contributed by atoms with E-state index in [1.54, 1.807) is 52.1 Å². The molecule has 1 saturated heterocycles. The Morgan fingerprint density at radius 1 is 1.11 bits per heavy atom. The molecule has 3 heterocycles. The van der Waals surface area contributed by atoms with Crippen molar-refractivity contribution in [2.45, 2.75) is 72.6 Å². The van der Waals surface area contributed by atoms with Crippen molar-refractivity contribution >= 4 is 60.3 Å². The quantitative estimate of drug-likeness (QED) is 0.132. The number of benzene rings is 1. The van der Waals surface area contributed by atoms with E-state index in [1.165, 1.54) is 30.5 Å². The van der Waals surface area contributed by atoms with Gasteiger partial charge >= 0.3 is 7.82 Å². The Balaban J connectivity index is 1.60. The zero-order valence-electron chi connectivity index (χ0n) is 25.2. The van der Waals surface area contributed by atoms with Crippen LogP contribution in [-0.2, 0) is 18.7 Å². The van der Waals surface area contributed by atoms with Crippen molar-refractivity contribution in [2.24, 2.45) is 10.8 Å². The summed E-state index contributed by atoms with van der Waals surface area (Å²) in [6.45, 7) is 9.90. The molecule has 2 amide bonds. The van der Waals surface area contributed by atoms with Gasteiger partial charge in [0, 0.05) is 39.1 Å². The van der Waals surface area contributed by atoms with Gasteiger partial charge in [-0.25, -0.2) is 18.8 Å². The molecule has 4 N–H and O–H groups in total. The van der Waals surface area contributed by atoms with E-state index >= 15 is 0 Å². The Morgan fingerprint density at radius 2 is 1.77 bits per heavy atom. The third kappa shape index (κ3) is 5.99. The first-order chi connectivity index (χ1) is 20.3. The van der Waals surface area contributed by atoms with Crippen LogP contribution in [0.3, 0.4) is 0 Å². The Hall–Kier alpha value is -3.35. The number of rotatable bonds is 8. The van der Waals surface area contributed by atoms with Crippen molar-refractivity contribution in [2.75, 3.05) is 10.6 Å². The highest BCUT2D eigenvalue weighted by Crippen LogP contribution is 2.58. The summed E-state index contributed by atoms with van der Waals surface area (Å²) in [5.41, 5.74) is -3.35. The fourth-order valence-electron chi connectivity index (χ4n) is 5.89. The van der Waals surface area contributed by atoms with Gasteiger partial charge in [-0.1, -0.05) is 53.1 Å². The van der Waals surface area contributed by atoms with Gasteiger partial charge in [-0.3, -0.25) is 14.1 Å². The first-order valence-electron chi connectivity index (χ1n) is 14.0. The maximum atomic E-state index is 14.5. The Kier molecular flexibility index (Phi) is 7.96. The smallest absolute Gasteiger partial charge is 0.367 e. The molecule has 0 unspecified atom stereocenters. The van der Waals surface area contributed by atoms with E-state index in [2.05, 4.69) is 20.7 Å². The van der Waals surface area contributed by atoms with Gasteiger partial charge in [0.2, 0.25) is 5.91 Å². The number of nitrogens with zero attached hydrogens (tertiary/aromatic N) is 4. The summed E-state index contributed by atoms with van der Waals surface area (Å²) < 4.78 is 33.8. The van der Waals surface area contributed by atoms with Gasteiger partial charge in [-0.15, -0.1) is 0 Å². The second kappa shape index (κ2) is 10.9. The summed E-state index contributed by atoms with van der Waals surface area (Å²) in [6.07, 6.45) is 4.58. The third-order valence-corrected chi connectivity index (χ3v) is 8.35.